The van der Waals surface area contributed by atoms with Crippen LogP contribution >= 0.6 is 0 Å². The van der Waals surface area contributed by atoms with Gasteiger partial charge in [-0.15, -0.1) is 0 Å². The van der Waals surface area contributed by atoms with Crippen LogP contribution in [0.1, 0.15) is 43.0 Å². The zero-order valence-electron chi connectivity index (χ0n) is 17.9. The number of hydrogen-bond acceptors (Lipinski definition) is 1. The van der Waals surface area contributed by atoms with Crippen LogP contribution in [0.5, 0.6) is 0 Å². The van der Waals surface area contributed by atoms with Crippen LogP contribution in [0.25, 0.3) is 5.70 Å². The van der Waals surface area contributed by atoms with Crippen molar-refractivity contribution in [2.75, 3.05) is 4.90 Å². The Bertz CT molecular complexity index is 983. The lowest BCUT2D eigenvalue weighted by atomic mass is 10.1. The first-order valence-corrected chi connectivity index (χ1v) is 10.3. The number of aryl methyl sites for hydroxylation is 2. The molecule has 2 nitrogen and oxygen atoms in total. The molecule has 148 valence electrons. The first-order valence-electron chi connectivity index (χ1n) is 10.3. The molecule has 3 rings (SSSR count). The van der Waals surface area contributed by atoms with Crippen molar-refractivity contribution < 1.29 is 0 Å². The van der Waals surface area contributed by atoms with Gasteiger partial charge in [0, 0.05) is 12.2 Å². The Morgan fingerprint density at radius 3 is 2.10 bits per heavy atom. The second kappa shape index (κ2) is 9.88. The van der Waals surface area contributed by atoms with Gasteiger partial charge >= 0.3 is 0 Å². The molecule has 3 aromatic carbocycles. The second-order valence-electron chi connectivity index (χ2n) is 7.24. The number of para-hydroxylation sites is 1. The van der Waals surface area contributed by atoms with Crippen LogP contribution in [0.4, 0.5) is 5.69 Å². The maximum atomic E-state index is 5.02. The number of amidine groups is 1. The fraction of sp³-hybridized carbons (Fsp3) is 0.222. The molecule has 0 saturated carbocycles. The van der Waals surface area contributed by atoms with Crippen LogP contribution in [-0.2, 0) is 13.0 Å². The molecule has 0 heterocycles. The first-order chi connectivity index (χ1) is 14.1. The molecule has 29 heavy (non-hydrogen) atoms. The third-order valence-electron chi connectivity index (χ3n) is 5.19. The minimum Gasteiger partial charge on any atom is -0.325 e. The number of hydrogen-bond donors (Lipinski definition) is 0. The van der Waals surface area contributed by atoms with Crippen molar-refractivity contribution in [3.8, 4) is 0 Å². The summed E-state index contributed by atoms with van der Waals surface area (Å²) in [6, 6.07) is 27.8. The van der Waals surface area contributed by atoms with Gasteiger partial charge in [-0.05, 0) is 55.5 Å². The Kier molecular flexibility index (Phi) is 7.02. The van der Waals surface area contributed by atoms with E-state index in [2.05, 4.69) is 105 Å². The zero-order chi connectivity index (χ0) is 20.6. The summed E-state index contributed by atoms with van der Waals surface area (Å²) in [7, 11) is 0. The summed E-state index contributed by atoms with van der Waals surface area (Å²) in [6.07, 6.45) is 3.13. The van der Waals surface area contributed by atoms with E-state index in [1.807, 2.05) is 13.0 Å². The fourth-order valence-electron chi connectivity index (χ4n) is 3.44. The van der Waals surface area contributed by atoms with E-state index in [0.717, 1.165) is 30.1 Å². The van der Waals surface area contributed by atoms with Crippen LogP contribution in [0.15, 0.2) is 89.9 Å². The van der Waals surface area contributed by atoms with Crippen molar-refractivity contribution in [1.82, 2.24) is 0 Å². The third-order valence-corrected chi connectivity index (χ3v) is 5.19. The summed E-state index contributed by atoms with van der Waals surface area (Å²) < 4.78 is 0. The quantitative estimate of drug-likeness (QED) is 0.330. The van der Waals surface area contributed by atoms with Crippen LogP contribution in [0, 0.1) is 6.92 Å². The molecule has 0 aromatic heterocycles. The molecule has 0 amide bonds. The average Bonchev–Trinajstić information content (AvgIpc) is 2.77. The van der Waals surface area contributed by atoms with E-state index in [0.29, 0.717) is 0 Å². The Morgan fingerprint density at radius 2 is 1.48 bits per heavy atom. The molecule has 0 radical (unpaired) electrons. The van der Waals surface area contributed by atoms with Crippen molar-refractivity contribution >= 4 is 17.2 Å². The van der Waals surface area contributed by atoms with Gasteiger partial charge in [0.05, 0.1) is 5.70 Å². The fourth-order valence-corrected chi connectivity index (χ4v) is 3.44. The number of nitrogens with zero attached hydrogens (tertiary/aromatic N) is 2. The molecule has 0 unspecified atom stereocenters. The van der Waals surface area contributed by atoms with Crippen molar-refractivity contribution in [3.05, 3.63) is 107 Å². The lowest BCUT2D eigenvalue weighted by Crippen LogP contribution is -2.29. The average molecular weight is 383 g/mol. The van der Waals surface area contributed by atoms with Gasteiger partial charge in [-0.3, -0.25) is 0 Å². The number of rotatable bonds is 6. The Balaban J connectivity index is 1.98. The SMILES string of the molecule is C/C=C(\N=C(C)N(Cc1ccc(CC)cc1)c1ccccc1C)c1ccccc1. The van der Waals surface area contributed by atoms with E-state index in [4.69, 9.17) is 4.99 Å². The standard InChI is InChI=1S/C27H30N2/c1-5-23-16-18-24(19-17-23)20-29(27-15-11-10-12-21(27)3)22(4)28-26(6-2)25-13-8-7-9-14-25/h6-19H,5,20H2,1-4H3/b26-6-,28-22?. The summed E-state index contributed by atoms with van der Waals surface area (Å²) >= 11 is 0. The molecule has 3 aromatic rings. The van der Waals surface area contributed by atoms with Gasteiger partial charge in [-0.2, -0.15) is 0 Å². The van der Waals surface area contributed by atoms with Gasteiger partial charge in [0.15, 0.2) is 0 Å². The molecular weight excluding hydrogens is 352 g/mol. The molecule has 0 bridgehead atoms. The molecule has 0 aliphatic rings. The zero-order valence-corrected chi connectivity index (χ0v) is 17.9. The number of anilines is 1. The molecule has 0 saturated heterocycles. The minimum absolute atomic E-state index is 0.788. The van der Waals surface area contributed by atoms with Gasteiger partial charge < -0.3 is 4.90 Å². The molecule has 2 heteroatoms. The Hall–Kier alpha value is -3.13. The molecule has 0 N–H and O–H groups in total. The summed E-state index contributed by atoms with van der Waals surface area (Å²) in [5.41, 5.74) is 7.20. The summed E-state index contributed by atoms with van der Waals surface area (Å²) in [6.45, 7) is 9.27. The molecule has 0 aliphatic carbocycles. The number of benzene rings is 3. The third kappa shape index (κ3) is 5.23. The first kappa shape index (κ1) is 20.6. The summed E-state index contributed by atoms with van der Waals surface area (Å²) in [4.78, 5) is 7.32. The smallest absolute Gasteiger partial charge is 0.106 e. The Labute approximate surface area is 175 Å². The lowest BCUT2D eigenvalue weighted by Gasteiger charge is -2.27. The van der Waals surface area contributed by atoms with Gasteiger partial charge in [-0.25, -0.2) is 4.99 Å². The van der Waals surface area contributed by atoms with Gasteiger partial charge in [-0.1, -0.05) is 85.8 Å². The normalized spacial score (nSPS) is 12.1. The molecule has 0 atom stereocenters. The van der Waals surface area contributed by atoms with Crippen molar-refractivity contribution in [2.24, 2.45) is 4.99 Å². The second-order valence-corrected chi connectivity index (χ2v) is 7.24. The van der Waals surface area contributed by atoms with Gasteiger partial charge in [0.25, 0.3) is 0 Å². The van der Waals surface area contributed by atoms with Crippen LogP contribution < -0.4 is 4.90 Å². The highest BCUT2D eigenvalue weighted by Gasteiger charge is 2.14. The monoisotopic (exact) mass is 382 g/mol. The van der Waals surface area contributed by atoms with Gasteiger partial charge in [0.1, 0.15) is 5.84 Å². The molecule has 0 spiro atoms. The van der Waals surface area contributed by atoms with Gasteiger partial charge in [0.2, 0.25) is 0 Å². The molecule has 0 fully saturated rings. The van der Waals surface area contributed by atoms with Crippen LogP contribution in [-0.4, -0.2) is 5.84 Å². The molecule has 0 aliphatic heterocycles. The predicted molar refractivity (Wildman–Crippen MR) is 126 cm³/mol. The Morgan fingerprint density at radius 1 is 0.862 bits per heavy atom. The van der Waals surface area contributed by atoms with Crippen LogP contribution in [0.3, 0.4) is 0 Å². The summed E-state index contributed by atoms with van der Waals surface area (Å²) in [5, 5.41) is 0. The van der Waals surface area contributed by atoms with Crippen molar-refractivity contribution in [3.63, 3.8) is 0 Å². The maximum absolute atomic E-state index is 5.02. The van der Waals surface area contributed by atoms with E-state index in [-0.39, 0.29) is 0 Å². The number of allylic oxidation sites excluding steroid dienone is 1. The largest absolute Gasteiger partial charge is 0.325 e. The lowest BCUT2D eigenvalue weighted by molar-refractivity contribution is 0.987. The van der Waals surface area contributed by atoms with E-state index in [1.165, 1.54) is 22.4 Å². The van der Waals surface area contributed by atoms with Crippen LogP contribution in [0.2, 0.25) is 0 Å². The van der Waals surface area contributed by atoms with E-state index < -0.39 is 0 Å². The number of aliphatic imine (C=N–C) groups is 1. The highest BCUT2D eigenvalue weighted by Crippen LogP contribution is 2.24. The topological polar surface area (TPSA) is 15.6 Å². The predicted octanol–water partition coefficient (Wildman–Crippen LogP) is 7.04. The molecular formula is C27H30N2. The van der Waals surface area contributed by atoms with E-state index in [1.54, 1.807) is 0 Å². The van der Waals surface area contributed by atoms with Crippen molar-refractivity contribution in [2.45, 2.75) is 40.7 Å². The van der Waals surface area contributed by atoms with Crippen molar-refractivity contribution in [1.29, 1.82) is 0 Å². The van der Waals surface area contributed by atoms with E-state index in [9.17, 15) is 0 Å². The van der Waals surface area contributed by atoms with E-state index >= 15 is 0 Å². The highest BCUT2D eigenvalue weighted by molar-refractivity contribution is 5.99. The highest BCUT2D eigenvalue weighted by atomic mass is 15.2. The minimum atomic E-state index is 0.788. The summed E-state index contributed by atoms with van der Waals surface area (Å²) in [5.74, 6) is 0.982. The maximum Gasteiger partial charge on any atom is 0.106 e.